The second kappa shape index (κ2) is 2.62. The minimum absolute atomic E-state index is 0.146. The van der Waals surface area contributed by atoms with E-state index in [1.807, 2.05) is 0 Å². The Bertz CT molecular complexity index is 433. The molecule has 0 bridgehead atoms. The van der Waals surface area contributed by atoms with Crippen molar-refractivity contribution in [2.75, 3.05) is 0 Å². The minimum Gasteiger partial charge on any atom is -0.289 e. The van der Waals surface area contributed by atoms with Crippen LogP contribution in [0.5, 0.6) is 0 Å². The molecule has 0 amide bonds. The molecule has 0 saturated heterocycles. The number of rotatable bonds is 0. The molecule has 13 heavy (non-hydrogen) atoms. The number of benzene rings is 1. The van der Waals surface area contributed by atoms with Crippen molar-refractivity contribution in [2.45, 2.75) is 0 Å². The molecule has 1 aromatic rings. The molecule has 0 heterocycles. The summed E-state index contributed by atoms with van der Waals surface area (Å²) in [5.74, 6) is -1.08. The largest absolute Gasteiger partial charge is 0.289 e. The number of carbonyl (C=O) groups is 2. The molecule has 0 atom stereocenters. The Morgan fingerprint density at radius 3 is 2.23 bits per heavy atom. The van der Waals surface area contributed by atoms with Crippen molar-refractivity contribution in [3.05, 3.63) is 47.3 Å². The third-order valence-corrected chi connectivity index (χ3v) is 1.90. The smallest absolute Gasteiger partial charge is 0.186 e. The van der Waals surface area contributed by atoms with E-state index in [1.165, 1.54) is 18.2 Å². The highest BCUT2D eigenvalue weighted by Gasteiger charge is 2.18. The molecule has 1 aliphatic carbocycles. The Morgan fingerprint density at radius 2 is 1.54 bits per heavy atom. The fourth-order valence-electron chi connectivity index (χ4n) is 1.27. The van der Waals surface area contributed by atoms with Gasteiger partial charge in [-0.1, -0.05) is 0 Å². The number of carbonyl (C=O) groups excluding carboxylic acids is 2. The summed E-state index contributed by atoms with van der Waals surface area (Å²) < 4.78 is 12.7. The van der Waals surface area contributed by atoms with Gasteiger partial charge in [0.05, 0.1) is 0 Å². The van der Waals surface area contributed by atoms with Crippen LogP contribution >= 0.6 is 0 Å². The van der Waals surface area contributed by atoms with Crippen LogP contribution in [0.15, 0.2) is 30.4 Å². The van der Waals surface area contributed by atoms with Crippen LogP contribution in [0.2, 0.25) is 0 Å². The normalized spacial score (nSPS) is 14.5. The zero-order chi connectivity index (χ0) is 9.42. The van der Waals surface area contributed by atoms with Gasteiger partial charge in [-0.25, -0.2) is 4.39 Å². The van der Waals surface area contributed by atoms with Gasteiger partial charge in [-0.15, -0.1) is 0 Å². The molecule has 0 fully saturated rings. The van der Waals surface area contributed by atoms with E-state index in [2.05, 4.69) is 0 Å². The topological polar surface area (TPSA) is 34.1 Å². The lowest BCUT2D eigenvalue weighted by molar-refractivity contribution is 0.0993. The van der Waals surface area contributed by atoms with E-state index >= 15 is 0 Å². The second-order valence-corrected chi connectivity index (χ2v) is 2.75. The van der Waals surface area contributed by atoms with Gasteiger partial charge in [-0.3, -0.25) is 9.59 Å². The molecule has 64 valence electrons. The second-order valence-electron chi connectivity index (χ2n) is 2.75. The number of fused-ring (bicyclic) bond motifs is 1. The number of ketones is 2. The number of hydrogen-bond acceptors (Lipinski definition) is 2. The first-order chi connectivity index (χ1) is 6.18. The van der Waals surface area contributed by atoms with Crippen LogP contribution in [0.25, 0.3) is 0 Å². The van der Waals surface area contributed by atoms with Crippen LogP contribution < -0.4 is 0 Å². The lowest BCUT2D eigenvalue weighted by atomic mass is 9.95. The molecular formula is C10H5FO2. The van der Waals surface area contributed by atoms with Crippen LogP contribution in [0, 0.1) is 5.82 Å². The van der Waals surface area contributed by atoms with E-state index < -0.39 is 5.82 Å². The van der Waals surface area contributed by atoms with Crippen LogP contribution in [-0.4, -0.2) is 11.6 Å². The average molecular weight is 176 g/mol. The van der Waals surface area contributed by atoms with Crippen LogP contribution in [0.1, 0.15) is 20.7 Å². The zero-order valence-corrected chi connectivity index (χ0v) is 6.58. The first-order valence-electron chi connectivity index (χ1n) is 3.75. The lowest BCUT2D eigenvalue weighted by Gasteiger charge is -2.07. The fourth-order valence-corrected chi connectivity index (χ4v) is 1.27. The van der Waals surface area contributed by atoms with Crippen molar-refractivity contribution in [2.24, 2.45) is 0 Å². The number of halogens is 1. The molecule has 0 aromatic heterocycles. The maximum Gasteiger partial charge on any atom is 0.186 e. The van der Waals surface area contributed by atoms with Gasteiger partial charge in [0, 0.05) is 11.1 Å². The Kier molecular flexibility index (Phi) is 1.59. The van der Waals surface area contributed by atoms with Gasteiger partial charge >= 0.3 is 0 Å². The zero-order valence-electron chi connectivity index (χ0n) is 6.58. The summed E-state index contributed by atoms with van der Waals surface area (Å²) in [6.45, 7) is 0. The van der Waals surface area contributed by atoms with Gasteiger partial charge in [0.25, 0.3) is 0 Å². The Hall–Kier alpha value is -1.77. The maximum absolute atomic E-state index is 12.7. The summed E-state index contributed by atoms with van der Waals surface area (Å²) in [5, 5.41) is 0. The first kappa shape index (κ1) is 7.86. The van der Waals surface area contributed by atoms with E-state index in [4.69, 9.17) is 0 Å². The average Bonchev–Trinajstić information content (AvgIpc) is 2.12. The molecule has 0 unspecified atom stereocenters. The van der Waals surface area contributed by atoms with Gasteiger partial charge in [0.2, 0.25) is 0 Å². The molecule has 2 rings (SSSR count). The highest BCUT2D eigenvalue weighted by atomic mass is 19.1. The Balaban J connectivity index is 2.69. The van der Waals surface area contributed by atoms with Crippen LogP contribution in [0.3, 0.4) is 0 Å². The summed E-state index contributed by atoms with van der Waals surface area (Å²) in [7, 11) is 0. The highest BCUT2D eigenvalue weighted by Crippen LogP contribution is 2.17. The highest BCUT2D eigenvalue weighted by molar-refractivity contribution is 6.21. The number of allylic oxidation sites excluding steroid dienone is 2. The first-order valence-corrected chi connectivity index (χ1v) is 3.75. The molecule has 3 heteroatoms. The predicted molar refractivity (Wildman–Crippen MR) is 44.2 cm³/mol. The predicted octanol–water partition coefficient (Wildman–Crippen LogP) is 1.76. The van der Waals surface area contributed by atoms with Crippen molar-refractivity contribution in [3.8, 4) is 0 Å². The van der Waals surface area contributed by atoms with Crippen molar-refractivity contribution in [1.29, 1.82) is 0 Å². The Labute approximate surface area is 73.7 Å². The molecule has 0 N–H and O–H groups in total. The monoisotopic (exact) mass is 176 g/mol. The molecule has 0 saturated carbocycles. The van der Waals surface area contributed by atoms with E-state index in [0.29, 0.717) is 0 Å². The molecule has 0 spiro atoms. The Morgan fingerprint density at radius 1 is 0.923 bits per heavy atom. The summed E-state index contributed by atoms with van der Waals surface area (Å²) >= 11 is 0. The lowest BCUT2D eigenvalue weighted by Crippen LogP contribution is -2.11. The number of hydrogen-bond donors (Lipinski definition) is 0. The standard InChI is InChI=1S/C10H5FO2/c11-6-1-2-7-8(5-6)10(13)4-3-9(7)12/h1-5H. The molecule has 1 aromatic carbocycles. The van der Waals surface area contributed by atoms with Gasteiger partial charge in [-0.2, -0.15) is 0 Å². The molecule has 1 aliphatic rings. The van der Waals surface area contributed by atoms with Crippen molar-refractivity contribution < 1.29 is 14.0 Å². The summed E-state index contributed by atoms with van der Waals surface area (Å²) in [6, 6.07) is 3.58. The minimum atomic E-state index is -0.504. The third kappa shape index (κ3) is 1.18. The van der Waals surface area contributed by atoms with Crippen molar-refractivity contribution in [1.82, 2.24) is 0 Å². The van der Waals surface area contributed by atoms with Crippen LogP contribution in [-0.2, 0) is 0 Å². The molecule has 0 radical (unpaired) electrons. The van der Waals surface area contributed by atoms with E-state index in [-0.39, 0.29) is 22.7 Å². The third-order valence-electron chi connectivity index (χ3n) is 1.90. The van der Waals surface area contributed by atoms with Gasteiger partial charge in [0.15, 0.2) is 11.6 Å². The fraction of sp³-hybridized carbons (Fsp3) is 0. The van der Waals surface area contributed by atoms with Gasteiger partial charge < -0.3 is 0 Å². The quantitative estimate of drug-likeness (QED) is 0.603. The van der Waals surface area contributed by atoms with Crippen molar-refractivity contribution >= 4 is 11.6 Å². The summed E-state index contributed by atoms with van der Waals surface area (Å²) in [5.41, 5.74) is 0.418. The summed E-state index contributed by atoms with van der Waals surface area (Å²) in [6.07, 6.45) is 2.35. The van der Waals surface area contributed by atoms with E-state index in [9.17, 15) is 14.0 Å². The molecular weight excluding hydrogens is 171 g/mol. The van der Waals surface area contributed by atoms with Crippen LogP contribution in [0.4, 0.5) is 4.39 Å². The SMILES string of the molecule is O=C1C=CC(=O)c2cc(F)ccc21. The molecule has 2 nitrogen and oxygen atoms in total. The van der Waals surface area contributed by atoms with E-state index in [1.54, 1.807) is 0 Å². The molecule has 0 aliphatic heterocycles. The van der Waals surface area contributed by atoms with Gasteiger partial charge in [0.1, 0.15) is 5.82 Å². The summed E-state index contributed by atoms with van der Waals surface area (Å²) in [4.78, 5) is 22.4. The maximum atomic E-state index is 12.7. The van der Waals surface area contributed by atoms with E-state index in [0.717, 1.165) is 12.1 Å². The van der Waals surface area contributed by atoms with Gasteiger partial charge in [-0.05, 0) is 30.4 Å². The van der Waals surface area contributed by atoms with Crippen molar-refractivity contribution in [3.63, 3.8) is 0 Å².